The highest BCUT2D eigenvalue weighted by Gasteiger charge is 2.31. The smallest absolute Gasteiger partial charge is 0.146 e. The highest BCUT2D eigenvalue weighted by Crippen LogP contribution is 2.25. The zero-order chi connectivity index (χ0) is 13.7. The van der Waals surface area contributed by atoms with Crippen LogP contribution in [0.1, 0.15) is 39.5 Å². The molecule has 0 aromatic heterocycles. The Kier molecular flexibility index (Phi) is 5.83. The molecule has 2 saturated heterocycles. The third kappa shape index (κ3) is 5.15. The second-order valence-electron chi connectivity index (χ2n) is 5.87. The van der Waals surface area contributed by atoms with Crippen LogP contribution in [0.5, 0.6) is 0 Å². The van der Waals surface area contributed by atoms with Gasteiger partial charge in [0.15, 0.2) is 0 Å². The lowest BCUT2D eigenvalue weighted by molar-refractivity contribution is 0.0549. The Hall–Kier alpha value is 0.0569. The molecule has 2 heterocycles. The van der Waals surface area contributed by atoms with Gasteiger partial charge in [-0.05, 0) is 32.2 Å². The molecule has 19 heavy (non-hydrogen) atoms. The first kappa shape index (κ1) is 15.4. The molecule has 5 heteroatoms. The SMILES string of the molecule is CCC(CC)(CCCN(CC1CO1)CC1CO1)O[SiH3]. The van der Waals surface area contributed by atoms with Gasteiger partial charge in [0.25, 0.3) is 0 Å². The van der Waals surface area contributed by atoms with Gasteiger partial charge in [0.05, 0.1) is 31.0 Å². The van der Waals surface area contributed by atoms with E-state index in [1.54, 1.807) is 0 Å². The molecule has 2 rings (SSSR count). The van der Waals surface area contributed by atoms with Crippen molar-refractivity contribution in [1.82, 2.24) is 4.90 Å². The first-order valence-electron chi connectivity index (χ1n) is 7.72. The molecule has 2 unspecified atom stereocenters. The lowest BCUT2D eigenvalue weighted by Gasteiger charge is -2.32. The zero-order valence-electron chi connectivity index (χ0n) is 12.7. The van der Waals surface area contributed by atoms with E-state index in [2.05, 4.69) is 18.7 Å². The van der Waals surface area contributed by atoms with Gasteiger partial charge in [-0.3, -0.25) is 4.90 Å². The first-order valence-corrected chi connectivity index (χ1v) is 8.53. The summed E-state index contributed by atoms with van der Waals surface area (Å²) in [6.07, 6.45) is 5.61. The summed E-state index contributed by atoms with van der Waals surface area (Å²) in [6, 6.07) is 0. The lowest BCUT2D eigenvalue weighted by atomic mass is 9.92. The van der Waals surface area contributed by atoms with Crippen LogP contribution in [0.15, 0.2) is 0 Å². The summed E-state index contributed by atoms with van der Waals surface area (Å²) in [5, 5.41) is 0. The molecule has 0 radical (unpaired) electrons. The van der Waals surface area contributed by atoms with Crippen LogP contribution in [0.4, 0.5) is 0 Å². The van der Waals surface area contributed by atoms with E-state index in [1.165, 1.54) is 12.8 Å². The van der Waals surface area contributed by atoms with E-state index in [0.717, 1.165) is 56.2 Å². The van der Waals surface area contributed by atoms with Crippen LogP contribution in [0.25, 0.3) is 0 Å². The summed E-state index contributed by atoms with van der Waals surface area (Å²) < 4.78 is 16.6. The Bertz CT molecular complexity index is 243. The molecule has 0 spiro atoms. The normalized spacial score (nSPS) is 26.1. The van der Waals surface area contributed by atoms with Crippen molar-refractivity contribution >= 4 is 10.5 Å². The van der Waals surface area contributed by atoms with Crippen LogP contribution >= 0.6 is 0 Å². The van der Waals surface area contributed by atoms with Crippen molar-refractivity contribution < 1.29 is 13.9 Å². The molecular weight excluding hydrogens is 258 g/mol. The van der Waals surface area contributed by atoms with Crippen molar-refractivity contribution in [3.05, 3.63) is 0 Å². The van der Waals surface area contributed by atoms with Crippen molar-refractivity contribution in [1.29, 1.82) is 0 Å². The fraction of sp³-hybridized carbons (Fsp3) is 1.00. The molecule has 2 atom stereocenters. The predicted octanol–water partition coefficient (Wildman–Crippen LogP) is 0.722. The minimum Gasteiger partial charge on any atom is -0.422 e. The van der Waals surface area contributed by atoms with Gasteiger partial charge in [-0.1, -0.05) is 13.8 Å². The maximum Gasteiger partial charge on any atom is 0.146 e. The van der Waals surface area contributed by atoms with Crippen LogP contribution in [0.2, 0.25) is 0 Å². The number of hydrogen-bond acceptors (Lipinski definition) is 4. The van der Waals surface area contributed by atoms with Gasteiger partial charge in [0.1, 0.15) is 10.5 Å². The number of epoxide rings is 2. The van der Waals surface area contributed by atoms with Gasteiger partial charge in [-0.2, -0.15) is 0 Å². The van der Waals surface area contributed by atoms with E-state index in [1.807, 2.05) is 0 Å². The fourth-order valence-corrected chi connectivity index (χ4v) is 3.58. The van der Waals surface area contributed by atoms with E-state index in [9.17, 15) is 0 Å². The Morgan fingerprint density at radius 1 is 1.16 bits per heavy atom. The highest BCUT2D eigenvalue weighted by molar-refractivity contribution is 5.98. The van der Waals surface area contributed by atoms with Crippen molar-refractivity contribution in [2.75, 3.05) is 32.8 Å². The summed E-state index contributed by atoms with van der Waals surface area (Å²) in [6.45, 7) is 9.68. The minimum absolute atomic E-state index is 0.143. The number of nitrogens with zero attached hydrogens (tertiary/aromatic N) is 1. The third-order valence-corrected chi connectivity index (χ3v) is 5.42. The van der Waals surface area contributed by atoms with Gasteiger partial charge in [-0.25, -0.2) is 0 Å². The summed E-state index contributed by atoms with van der Waals surface area (Å²) >= 11 is 0. The maximum atomic E-state index is 5.88. The van der Waals surface area contributed by atoms with Crippen molar-refractivity contribution in [3.63, 3.8) is 0 Å². The van der Waals surface area contributed by atoms with E-state index >= 15 is 0 Å². The van der Waals surface area contributed by atoms with Crippen molar-refractivity contribution in [2.24, 2.45) is 0 Å². The molecular formula is C14H29NO3Si. The zero-order valence-corrected chi connectivity index (χ0v) is 14.7. The van der Waals surface area contributed by atoms with E-state index in [0.29, 0.717) is 12.2 Å². The maximum absolute atomic E-state index is 5.88. The molecule has 112 valence electrons. The molecule has 0 aliphatic carbocycles. The largest absolute Gasteiger partial charge is 0.422 e. The Morgan fingerprint density at radius 2 is 1.68 bits per heavy atom. The Labute approximate surface area is 120 Å². The lowest BCUT2D eigenvalue weighted by Crippen LogP contribution is -2.35. The van der Waals surface area contributed by atoms with Crippen LogP contribution in [-0.4, -0.2) is 66.0 Å². The fourth-order valence-electron chi connectivity index (χ4n) is 2.80. The van der Waals surface area contributed by atoms with Crippen LogP contribution < -0.4 is 0 Å². The van der Waals surface area contributed by atoms with E-state index < -0.39 is 0 Å². The summed E-state index contributed by atoms with van der Waals surface area (Å²) in [5.41, 5.74) is 0.143. The highest BCUT2D eigenvalue weighted by atomic mass is 28.2. The van der Waals surface area contributed by atoms with Crippen molar-refractivity contribution in [2.45, 2.75) is 57.3 Å². The monoisotopic (exact) mass is 287 g/mol. The average Bonchev–Trinajstić information content (AvgIpc) is 3.31. The second-order valence-corrected chi connectivity index (χ2v) is 6.28. The van der Waals surface area contributed by atoms with Gasteiger partial charge < -0.3 is 13.9 Å². The van der Waals surface area contributed by atoms with Gasteiger partial charge in [-0.15, -0.1) is 0 Å². The van der Waals surface area contributed by atoms with E-state index in [-0.39, 0.29) is 5.60 Å². The van der Waals surface area contributed by atoms with Gasteiger partial charge >= 0.3 is 0 Å². The number of hydrogen-bond donors (Lipinski definition) is 0. The molecule has 2 aliphatic heterocycles. The Balaban J connectivity index is 1.70. The Morgan fingerprint density at radius 3 is 2.05 bits per heavy atom. The molecule has 2 aliphatic rings. The van der Waals surface area contributed by atoms with Crippen LogP contribution in [0.3, 0.4) is 0 Å². The number of rotatable bonds is 11. The molecule has 0 N–H and O–H groups in total. The average molecular weight is 287 g/mol. The molecule has 2 fully saturated rings. The summed E-state index contributed by atoms with van der Waals surface area (Å²) in [5.74, 6) is 0. The third-order valence-electron chi connectivity index (χ3n) is 4.56. The number of ether oxygens (including phenoxy) is 2. The molecule has 0 aromatic carbocycles. The topological polar surface area (TPSA) is 37.5 Å². The van der Waals surface area contributed by atoms with E-state index in [4.69, 9.17) is 13.9 Å². The quantitative estimate of drug-likeness (QED) is 0.415. The minimum atomic E-state index is 0.143. The molecule has 0 aromatic rings. The predicted molar refractivity (Wildman–Crippen MR) is 79.5 cm³/mol. The molecule has 0 saturated carbocycles. The van der Waals surface area contributed by atoms with Crippen LogP contribution in [-0.2, 0) is 13.9 Å². The van der Waals surface area contributed by atoms with Gasteiger partial charge in [0, 0.05) is 13.1 Å². The van der Waals surface area contributed by atoms with Crippen LogP contribution in [0, 0.1) is 0 Å². The van der Waals surface area contributed by atoms with Crippen molar-refractivity contribution in [3.8, 4) is 0 Å². The van der Waals surface area contributed by atoms with Gasteiger partial charge in [0.2, 0.25) is 0 Å². The standard InChI is InChI=1S/C14H29NO3Si/c1-3-14(4-2,18-19)6-5-7-15(8-12-10-16-12)9-13-11-17-13/h12-13H,3-11H2,1-2,19H3. The first-order chi connectivity index (χ1) is 9.21. The molecule has 0 amide bonds. The summed E-state index contributed by atoms with van der Waals surface area (Å²) in [4.78, 5) is 2.51. The summed E-state index contributed by atoms with van der Waals surface area (Å²) in [7, 11) is 0.841. The molecule has 0 bridgehead atoms. The second kappa shape index (κ2) is 7.18. The molecule has 4 nitrogen and oxygen atoms in total.